The summed E-state index contributed by atoms with van der Waals surface area (Å²) < 4.78 is 4.75. The molecule has 3 aliphatic carbocycles. The lowest BCUT2D eigenvalue weighted by Crippen LogP contribution is -2.50. The number of unbranched alkanes of at least 4 members (excludes halogenated alkanes) is 10. The lowest BCUT2D eigenvalue weighted by Gasteiger charge is -2.51. The van der Waals surface area contributed by atoms with Crippen LogP contribution in [0.3, 0.4) is 0 Å². The highest BCUT2D eigenvalue weighted by molar-refractivity contribution is 9.09. The number of hydrogen-bond acceptors (Lipinski definition) is 4. The number of amides is 2. The van der Waals surface area contributed by atoms with E-state index in [1.165, 1.54) is 62.7 Å². The molecule has 7 rings (SSSR count). The van der Waals surface area contributed by atoms with E-state index in [0.29, 0.717) is 17.9 Å². The van der Waals surface area contributed by atoms with Crippen molar-refractivity contribution in [1.82, 2.24) is 0 Å². The van der Waals surface area contributed by atoms with Crippen LogP contribution in [0.25, 0.3) is 0 Å². The van der Waals surface area contributed by atoms with E-state index in [-0.39, 0.29) is 23.7 Å². The number of halogens is 1. The normalized spacial score (nSPS) is 23.0. The van der Waals surface area contributed by atoms with E-state index >= 15 is 0 Å². The molecule has 230 valence electrons. The highest BCUT2D eigenvalue weighted by Crippen LogP contribution is 2.66. The minimum Gasteiger partial charge on any atom is -0.462 e. The summed E-state index contributed by atoms with van der Waals surface area (Å²) in [7, 11) is 0. The van der Waals surface area contributed by atoms with Gasteiger partial charge in [0.05, 0.1) is 34.0 Å². The number of ether oxygens (including phenoxy) is 1. The first-order valence-corrected chi connectivity index (χ1v) is 17.3. The molecule has 0 aromatic heterocycles. The molecule has 4 aliphatic rings. The zero-order valence-corrected chi connectivity index (χ0v) is 27.2. The summed E-state index contributed by atoms with van der Waals surface area (Å²) in [6, 6.07) is 23.0. The van der Waals surface area contributed by atoms with Crippen molar-refractivity contribution in [2.75, 3.05) is 11.5 Å². The number of esters is 1. The Hall–Kier alpha value is -3.25. The summed E-state index contributed by atoms with van der Waals surface area (Å²) in [6.45, 7) is 2.65. The Balaban J connectivity index is 1.06. The number of alkyl halides is 1. The molecule has 3 aromatic rings. The van der Waals surface area contributed by atoms with Gasteiger partial charge in [0.25, 0.3) is 0 Å². The fraction of sp³-hybridized carbons (Fsp3) is 0.447. The van der Waals surface area contributed by atoms with Crippen LogP contribution in [0.15, 0.2) is 72.8 Å². The Labute approximate surface area is 269 Å². The number of imide groups is 1. The van der Waals surface area contributed by atoms with E-state index in [1.807, 2.05) is 24.3 Å². The second-order valence-corrected chi connectivity index (χ2v) is 13.8. The summed E-state index contributed by atoms with van der Waals surface area (Å²) in [4.78, 5) is 42.2. The Bertz CT molecular complexity index is 1470. The predicted molar refractivity (Wildman–Crippen MR) is 177 cm³/mol. The Morgan fingerprint density at radius 3 is 1.82 bits per heavy atom. The molecule has 2 atom stereocenters. The highest BCUT2D eigenvalue weighted by Gasteiger charge is 2.67. The molecule has 6 heteroatoms. The van der Waals surface area contributed by atoms with Gasteiger partial charge in [0.1, 0.15) is 0 Å². The minimum atomic E-state index is -0.779. The standard InChI is InChI=1S/C38H42BrNO4/c1-2-3-4-5-6-7-8-9-10-11-16-25-44-37(43)26-21-23-27(24-22-26)40-35(41)33-32-28-17-12-14-19-30(28)38(39,34(33)36(40)42)31-20-15-13-18-29(31)32/h12-15,17-24,32-34H,2-11,16,25H2,1H3. The van der Waals surface area contributed by atoms with Gasteiger partial charge in [0.15, 0.2) is 0 Å². The number of carbonyl (C=O) groups excluding carboxylic acids is 3. The molecule has 2 amide bonds. The van der Waals surface area contributed by atoms with Crippen LogP contribution >= 0.6 is 15.9 Å². The highest BCUT2D eigenvalue weighted by atomic mass is 79.9. The first-order chi connectivity index (χ1) is 21.5. The van der Waals surface area contributed by atoms with Crippen molar-refractivity contribution in [3.63, 3.8) is 0 Å². The second kappa shape index (κ2) is 13.4. The molecular weight excluding hydrogens is 614 g/mol. The molecule has 1 fully saturated rings. The summed E-state index contributed by atoms with van der Waals surface area (Å²) in [5, 5.41) is 0. The van der Waals surface area contributed by atoms with Gasteiger partial charge in [0, 0.05) is 5.92 Å². The Morgan fingerprint density at radius 1 is 0.727 bits per heavy atom. The molecule has 0 N–H and O–H groups in total. The van der Waals surface area contributed by atoms with Gasteiger partial charge in [-0.05, 0) is 52.9 Å². The molecule has 2 bridgehead atoms. The number of carbonyl (C=O) groups is 3. The lowest BCUT2D eigenvalue weighted by molar-refractivity contribution is -0.122. The first kappa shape index (κ1) is 30.8. The fourth-order valence-corrected chi connectivity index (χ4v) is 8.90. The van der Waals surface area contributed by atoms with Crippen LogP contribution in [0.2, 0.25) is 0 Å². The predicted octanol–water partition coefficient (Wildman–Crippen LogP) is 9.06. The second-order valence-electron chi connectivity index (χ2n) is 12.6. The van der Waals surface area contributed by atoms with Crippen LogP contribution in [0.5, 0.6) is 0 Å². The molecule has 1 aliphatic heterocycles. The maximum atomic E-state index is 14.1. The number of benzene rings is 3. The Kier molecular flexibility index (Phi) is 9.37. The largest absolute Gasteiger partial charge is 0.462 e. The van der Waals surface area contributed by atoms with Crippen LogP contribution < -0.4 is 4.90 Å². The molecule has 0 saturated carbocycles. The van der Waals surface area contributed by atoms with Gasteiger partial charge in [0.2, 0.25) is 11.8 Å². The molecule has 3 aromatic carbocycles. The smallest absolute Gasteiger partial charge is 0.338 e. The van der Waals surface area contributed by atoms with Gasteiger partial charge in [-0.15, -0.1) is 0 Å². The minimum absolute atomic E-state index is 0.182. The molecular formula is C38H42BrNO4. The van der Waals surface area contributed by atoms with Crippen LogP contribution in [0, 0.1) is 11.8 Å². The molecule has 0 radical (unpaired) electrons. The van der Waals surface area contributed by atoms with Gasteiger partial charge >= 0.3 is 5.97 Å². The lowest BCUT2D eigenvalue weighted by atomic mass is 9.55. The van der Waals surface area contributed by atoms with E-state index in [2.05, 4.69) is 47.1 Å². The SMILES string of the molecule is CCCCCCCCCCCCCOC(=O)c1ccc(N2C(=O)C3C4c5ccccc5C(Br)(c5ccccc54)C3C2=O)cc1. The van der Waals surface area contributed by atoms with Crippen molar-refractivity contribution in [2.45, 2.75) is 87.8 Å². The van der Waals surface area contributed by atoms with Crippen molar-refractivity contribution in [3.05, 3.63) is 101 Å². The average Bonchev–Trinajstić information content (AvgIpc) is 3.32. The van der Waals surface area contributed by atoms with Crippen LogP contribution in [0.1, 0.15) is 116 Å². The van der Waals surface area contributed by atoms with Gasteiger partial charge in [-0.25, -0.2) is 9.69 Å². The van der Waals surface area contributed by atoms with Crippen LogP contribution in [-0.4, -0.2) is 24.4 Å². The zero-order valence-electron chi connectivity index (χ0n) is 25.6. The maximum absolute atomic E-state index is 14.1. The van der Waals surface area contributed by atoms with Crippen molar-refractivity contribution in [2.24, 2.45) is 11.8 Å². The topological polar surface area (TPSA) is 63.7 Å². The summed E-state index contributed by atoms with van der Waals surface area (Å²) in [5.74, 6) is -2.01. The number of hydrogen-bond donors (Lipinski definition) is 0. The number of rotatable bonds is 14. The molecule has 0 spiro atoms. The molecule has 2 unspecified atom stereocenters. The summed E-state index contributed by atoms with van der Waals surface area (Å²) >= 11 is 4.04. The molecule has 1 heterocycles. The van der Waals surface area contributed by atoms with E-state index in [9.17, 15) is 14.4 Å². The van der Waals surface area contributed by atoms with Crippen molar-refractivity contribution >= 4 is 39.4 Å². The van der Waals surface area contributed by atoms with Crippen LogP contribution in [-0.2, 0) is 18.7 Å². The third kappa shape index (κ3) is 5.44. The first-order valence-electron chi connectivity index (χ1n) is 16.5. The average molecular weight is 657 g/mol. The molecule has 1 saturated heterocycles. The van der Waals surface area contributed by atoms with Crippen molar-refractivity contribution in [3.8, 4) is 0 Å². The number of anilines is 1. The van der Waals surface area contributed by atoms with Crippen LogP contribution in [0.4, 0.5) is 5.69 Å². The number of nitrogens with zero attached hydrogens (tertiary/aromatic N) is 1. The zero-order chi connectivity index (χ0) is 30.7. The van der Waals surface area contributed by atoms with Gasteiger partial charge in [-0.1, -0.05) is 136 Å². The van der Waals surface area contributed by atoms with E-state index < -0.39 is 16.2 Å². The van der Waals surface area contributed by atoms with Gasteiger partial charge < -0.3 is 4.74 Å². The molecule has 44 heavy (non-hydrogen) atoms. The van der Waals surface area contributed by atoms with E-state index in [1.54, 1.807) is 24.3 Å². The summed E-state index contributed by atoms with van der Waals surface area (Å²) in [5.41, 5.74) is 5.23. The van der Waals surface area contributed by atoms with Crippen molar-refractivity contribution < 1.29 is 19.1 Å². The monoisotopic (exact) mass is 655 g/mol. The van der Waals surface area contributed by atoms with E-state index in [4.69, 9.17) is 4.74 Å². The van der Waals surface area contributed by atoms with Gasteiger partial charge in [-0.2, -0.15) is 0 Å². The van der Waals surface area contributed by atoms with Crippen molar-refractivity contribution in [1.29, 1.82) is 0 Å². The third-order valence-electron chi connectivity index (χ3n) is 9.86. The quantitative estimate of drug-likeness (QED) is 0.0752. The fourth-order valence-electron chi connectivity index (χ4n) is 7.69. The molecule has 5 nitrogen and oxygen atoms in total. The maximum Gasteiger partial charge on any atom is 0.338 e. The third-order valence-corrected chi connectivity index (χ3v) is 11.2. The van der Waals surface area contributed by atoms with Gasteiger partial charge in [-0.3, -0.25) is 9.59 Å². The van der Waals surface area contributed by atoms with E-state index in [0.717, 1.165) is 35.1 Å². The Morgan fingerprint density at radius 2 is 1.25 bits per heavy atom. The summed E-state index contributed by atoms with van der Waals surface area (Å²) in [6.07, 6.45) is 13.7.